The highest BCUT2D eigenvalue weighted by molar-refractivity contribution is 6.06. The van der Waals surface area contributed by atoms with Crippen LogP contribution >= 0.6 is 0 Å². The smallest absolute Gasteiger partial charge is 0.275 e. The van der Waals surface area contributed by atoms with Crippen LogP contribution in [0.2, 0.25) is 0 Å². The van der Waals surface area contributed by atoms with Crippen molar-refractivity contribution in [2.24, 2.45) is 0 Å². The average Bonchev–Trinajstić information content (AvgIpc) is 2.37. The van der Waals surface area contributed by atoms with Gasteiger partial charge < -0.3 is 4.98 Å². The zero-order valence-electron chi connectivity index (χ0n) is 9.80. The number of nitrogens with zero attached hydrogens (tertiary/aromatic N) is 1. The zero-order chi connectivity index (χ0) is 14.0. The second-order valence-corrected chi connectivity index (χ2v) is 3.67. The number of nitro benzene ring substituents is 1. The molecular weight excluding hydrogens is 254 g/mol. The number of fused-ring (bicyclic) bond motifs is 1. The molecule has 0 aliphatic rings. The predicted molar refractivity (Wildman–Crippen MR) is 65.7 cm³/mol. The molecule has 98 valence electrons. The lowest BCUT2D eigenvalue weighted by atomic mass is 10.1. The van der Waals surface area contributed by atoms with E-state index in [2.05, 4.69) is 15.3 Å². The van der Waals surface area contributed by atoms with Gasteiger partial charge in [-0.15, -0.1) is 0 Å². The van der Waals surface area contributed by atoms with E-state index >= 15 is 0 Å². The topological polar surface area (TPSA) is 114 Å². The number of rotatable bonds is 3. The van der Waals surface area contributed by atoms with Gasteiger partial charge in [0.2, 0.25) is 5.56 Å². The van der Waals surface area contributed by atoms with Crippen LogP contribution in [0.4, 0.5) is 5.69 Å². The Kier molecular flexibility index (Phi) is 3.25. The standard InChI is InChI=1S/C11H9N3O5/c1-19-13-11(16)8-5-10(15)12-9-3-2-6(14(17)18)4-7(8)9/h2-5H,1H3,(H,12,15)(H,13,16). The van der Waals surface area contributed by atoms with Gasteiger partial charge in [-0.25, -0.2) is 5.48 Å². The summed E-state index contributed by atoms with van der Waals surface area (Å²) in [6.07, 6.45) is 0. The molecule has 0 saturated heterocycles. The molecule has 2 N–H and O–H groups in total. The van der Waals surface area contributed by atoms with E-state index < -0.39 is 16.4 Å². The number of amides is 1. The van der Waals surface area contributed by atoms with Gasteiger partial charge in [-0.3, -0.25) is 24.5 Å². The van der Waals surface area contributed by atoms with Crippen molar-refractivity contribution >= 4 is 22.5 Å². The van der Waals surface area contributed by atoms with Gasteiger partial charge >= 0.3 is 0 Å². The van der Waals surface area contributed by atoms with Gasteiger partial charge in [-0.05, 0) is 6.07 Å². The van der Waals surface area contributed by atoms with Gasteiger partial charge in [0.1, 0.15) is 0 Å². The van der Waals surface area contributed by atoms with Crippen molar-refractivity contribution in [2.75, 3.05) is 7.11 Å². The maximum absolute atomic E-state index is 11.7. The van der Waals surface area contributed by atoms with Crippen molar-refractivity contribution in [3.05, 3.63) is 50.3 Å². The summed E-state index contributed by atoms with van der Waals surface area (Å²) in [7, 11) is 1.25. The number of hydroxylamine groups is 1. The molecule has 0 unspecified atom stereocenters. The van der Waals surface area contributed by atoms with Crippen LogP contribution in [0.15, 0.2) is 29.1 Å². The van der Waals surface area contributed by atoms with E-state index in [9.17, 15) is 19.7 Å². The molecule has 0 bridgehead atoms. The Morgan fingerprint density at radius 1 is 1.42 bits per heavy atom. The number of carbonyl (C=O) groups excluding carboxylic acids is 1. The normalized spacial score (nSPS) is 10.4. The fourth-order valence-electron chi connectivity index (χ4n) is 1.69. The summed E-state index contributed by atoms with van der Waals surface area (Å²) in [5.74, 6) is -0.654. The monoisotopic (exact) mass is 263 g/mol. The van der Waals surface area contributed by atoms with E-state index in [4.69, 9.17) is 0 Å². The summed E-state index contributed by atoms with van der Waals surface area (Å²) >= 11 is 0. The van der Waals surface area contributed by atoms with Gasteiger partial charge in [-0.2, -0.15) is 0 Å². The van der Waals surface area contributed by atoms with Crippen LogP contribution in [0.1, 0.15) is 10.4 Å². The molecule has 0 fully saturated rings. The van der Waals surface area contributed by atoms with Crippen LogP contribution in [0.3, 0.4) is 0 Å². The van der Waals surface area contributed by atoms with Crippen molar-refractivity contribution < 1.29 is 14.6 Å². The maximum atomic E-state index is 11.7. The minimum atomic E-state index is -0.654. The number of hydrogen-bond acceptors (Lipinski definition) is 5. The summed E-state index contributed by atoms with van der Waals surface area (Å²) in [6, 6.07) is 4.89. The highest BCUT2D eigenvalue weighted by Crippen LogP contribution is 2.21. The second-order valence-electron chi connectivity index (χ2n) is 3.67. The number of H-pyrrole nitrogens is 1. The third kappa shape index (κ3) is 2.43. The molecular formula is C11H9N3O5. The third-order valence-corrected chi connectivity index (χ3v) is 2.48. The van der Waals surface area contributed by atoms with Gasteiger partial charge in [0.15, 0.2) is 0 Å². The molecule has 1 aromatic heterocycles. The SMILES string of the molecule is CONC(=O)c1cc(=O)[nH]c2ccc([N+](=O)[O-])cc12. The second kappa shape index (κ2) is 4.86. The quantitative estimate of drug-likeness (QED) is 0.625. The number of non-ortho nitro benzene ring substituents is 1. The third-order valence-electron chi connectivity index (χ3n) is 2.48. The van der Waals surface area contributed by atoms with Crippen LogP contribution in [-0.2, 0) is 4.84 Å². The summed E-state index contributed by atoms with van der Waals surface area (Å²) in [4.78, 5) is 40.3. The van der Waals surface area contributed by atoms with E-state index in [1.165, 1.54) is 25.3 Å². The van der Waals surface area contributed by atoms with Gasteiger partial charge in [0.05, 0.1) is 17.6 Å². The minimum absolute atomic E-state index is 0.00398. The van der Waals surface area contributed by atoms with E-state index in [1.807, 2.05) is 0 Å². The first kappa shape index (κ1) is 12.7. The Morgan fingerprint density at radius 2 is 2.16 bits per heavy atom. The molecule has 0 aliphatic heterocycles. The number of pyridine rings is 1. The average molecular weight is 263 g/mol. The van der Waals surface area contributed by atoms with Crippen LogP contribution < -0.4 is 11.0 Å². The van der Waals surface area contributed by atoms with Crippen molar-refractivity contribution in [1.82, 2.24) is 10.5 Å². The van der Waals surface area contributed by atoms with Crippen LogP contribution in [0.5, 0.6) is 0 Å². The van der Waals surface area contributed by atoms with E-state index in [1.54, 1.807) is 0 Å². The maximum Gasteiger partial charge on any atom is 0.275 e. The molecule has 8 nitrogen and oxygen atoms in total. The summed E-state index contributed by atoms with van der Waals surface area (Å²) in [5, 5.41) is 11.0. The number of aromatic amines is 1. The highest BCUT2D eigenvalue weighted by Gasteiger charge is 2.15. The van der Waals surface area contributed by atoms with Gasteiger partial charge in [0.25, 0.3) is 11.6 Å². The summed E-state index contributed by atoms with van der Waals surface area (Å²) in [6.45, 7) is 0. The molecule has 0 atom stereocenters. The molecule has 8 heteroatoms. The molecule has 1 heterocycles. The molecule has 2 rings (SSSR count). The minimum Gasteiger partial charge on any atom is -0.322 e. The number of nitrogens with one attached hydrogen (secondary N) is 2. The molecule has 0 saturated carbocycles. The molecule has 2 aromatic rings. The Morgan fingerprint density at radius 3 is 2.79 bits per heavy atom. The number of nitro groups is 1. The van der Waals surface area contributed by atoms with Crippen molar-refractivity contribution in [3.63, 3.8) is 0 Å². The first-order valence-corrected chi connectivity index (χ1v) is 5.17. The highest BCUT2D eigenvalue weighted by atomic mass is 16.6. The molecule has 1 aromatic carbocycles. The van der Waals surface area contributed by atoms with Gasteiger partial charge in [-0.1, -0.05) is 0 Å². The molecule has 0 spiro atoms. The molecule has 0 radical (unpaired) electrons. The lowest BCUT2D eigenvalue weighted by Gasteiger charge is -2.05. The Hall–Kier alpha value is -2.74. The van der Waals surface area contributed by atoms with Crippen molar-refractivity contribution in [2.45, 2.75) is 0 Å². The molecule has 0 aliphatic carbocycles. The first-order valence-electron chi connectivity index (χ1n) is 5.17. The summed E-state index contributed by atoms with van der Waals surface area (Å²) in [5.41, 5.74) is 1.75. The Balaban J connectivity index is 2.72. The van der Waals surface area contributed by atoms with Gasteiger partial charge in [0, 0.05) is 29.1 Å². The van der Waals surface area contributed by atoms with E-state index in [-0.39, 0.29) is 16.6 Å². The number of carbonyl (C=O) groups is 1. The van der Waals surface area contributed by atoms with E-state index in [0.29, 0.717) is 5.52 Å². The lowest BCUT2D eigenvalue weighted by Crippen LogP contribution is -2.24. The first-order chi connectivity index (χ1) is 9.02. The van der Waals surface area contributed by atoms with Crippen molar-refractivity contribution in [1.29, 1.82) is 0 Å². The number of hydrogen-bond donors (Lipinski definition) is 2. The zero-order valence-corrected chi connectivity index (χ0v) is 9.80. The predicted octanol–water partition coefficient (Wildman–Crippen LogP) is 0.728. The number of aromatic nitrogens is 1. The molecule has 19 heavy (non-hydrogen) atoms. The largest absolute Gasteiger partial charge is 0.322 e. The fourth-order valence-corrected chi connectivity index (χ4v) is 1.69. The number of benzene rings is 1. The Bertz CT molecular complexity index is 722. The summed E-state index contributed by atoms with van der Waals surface area (Å²) < 4.78 is 0. The Labute approximate surface area is 106 Å². The van der Waals surface area contributed by atoms with E-state index in [0.717, 1.165) is 6.07 Å². The lowest BCUT2D eigenvalue weighted by molar-refractivity contribution is -0.384. The van der Waals surface area contributed by atoms with Crippen molar-refractivity contribution in [3.8, 4) is 0 Å². The molecule has 1 amide bonds. The fraction of sp³-hybridized carbons (Fsp3) is 0.0909. The van der Waals surface area contributed by atoms with Crippen LogP contribution in [0, 0.1) is 10.1 Å². The van der Waals surface area contributed by atoms with Crippen LogP contribution in [-0.4, -0.2) is 22.9 Å². The van der Waals surface area contributed by atoms with Crippen LogP contribution in [0.25, 0.3) is 10.9 Å².